The Balaban J connectivity index is 3.80. The van der Waals surface area contributed by atoms with Gasteiger partial charge in [-0.3, -0.25) is 4.79 Å². The van der Waals surface area contributed by atoms with Gasteiger partial charge in [0.1, 0.15) is 0 Å². The van der Waals surface area contributed by atoms with Crippen LogP contribution in [-0.2, 0) is 9.45 Å². The third-order valence-electron chi connectivity index (χ3n) is 1.34. The van der Waals surface area contributed by atoms with Crippen LogP contribution in [0.1, 0.15) is 13.8 Å². The van der Waals surface area contributed by atoms with Crippen LogP contribution >= 0.6 is 0 Å². The van der Waals surface area contributed by atoms with Gasteiger partial charge in [0.15, 0.2) is 0 Å². The van der Waals surface area contributed by atoms with Crippen molar-refractivity contribution in [3.8, 4) is 0 Å². The Labute approximate surface area is 67.0 Å². The average molecular weight is 158 g/mol. The zero-order chi connectivity index (χ0) is 8.85. The van der Waals surface area contributed by atoms with Gasteiger partial charge in [-0.05, 0) is 5.92 Å². The monoisotopic (exact) mass is 158 g/mol. The minimum absolute atomic E-state index is 0.0243. The minimum atomic E-state index is -0.881. The van der Waals surface area contributed by atoms with Gasteiger partial charge in [0.05, 0.1) is 12.5 Å². The molecule has 0 aliphatic carbocycles. The summed E-state index contributed by atoms with van der Waals surface area (Å²) in [6.45, 7) is 3.65. The highest BCUT2D eigenvalue weighted by atomic mass is 16.4. The predicted molar refractivity (Wildman–Crippen MR) is 42.1 cm³/mol. The molecule has 0 aromatic carbocycles. The average Bonchev–Trinajstić information content (AvgIpc) is 1.87. The third kappa shape index (κ3) is 4.00. The Morgan fingerprint density at radius 2 is 2.27 bits per heavy atom. The summed E-state index contributed by atoms with van der Waals surface area (Å²) in [4.78, 5) is 10.5. The summed E-state index contributed by atoms with van der Waals surface area (Å²) < 4.78 is 4.69. The Bertz CT molecular complexity index is 129. The van der Waals surface area contributed by atoms with Gasteiger partial charge in [-0.2, -0.15) is 0 Å². The fraction of sp³-hybridized carbons (Fsp3) is 0.833. The molecule has 1 radical (unpaired) electrons. The SMILES string of the molecule is CC(C)[C@@H]([B]OCN)C(=O)O. The summed E-state index contributed by atoms with van der Waals surface area (Å²) in [5.41, 5.74) is 5.03. The van der Waals surface area contributed by atoms with E-state index in [4.69, 9.17) is 15.5 Å². The fourth-order valence-electron chi connectivity index (χ4n) is 0.660. The van der Waals surface area contributed by atoms with Crippen molar-refractivity contribution in [1.29, 1.82) is 0 Å². The summed E-state index contributed by atoms with van der Waals surface area (Å²) >= 11 is 0. The summed E-state index contributed by atoms with van der Waals surface area (Å²) in [7, 11) is 1.27. The number of hydrogen-bond acceptors (Lipinski definition) is 3. The Morgan fingerprint density at radius 1 is 1.73 bits per heavy atom. The van der Waals surface area contributed by atoms with Gasteiger partial charge in [0, 0.05) is 0 Å². The summed E-state index contributed by atoms with van der Waals surface area (Å²) in [5.74, 6) is -1.42. The van der Waals surface area contributed by atoms with Crippen molar-refractivity contribution in [1.82, 2.24) is 0 Å². The van der Waals surface area contributed by atoms with Crippen molar-refractivity contribution in [2.24, 2.45) is 11.7 Å². The molecule has 0 bridgehead atoms. The molecule has 0 unspecified atom stereocenters. The second-order valence-electron chi connectivity index (χ2n) is 2.58. The zero-order valence-corrected chi connectivity index (χ0v) is 6.78. The molecule has 63 valence electrons. The molecule has 0 rings (SSSR count). The molecule has 0 saturated heterocycles. The molecule has 0 amide bonds. The molecule has 11 heavy (non-hydrogen) atoms. The quantitative estimate of drug-likeness (QED) is 0.438. The lowest BCUT2D eigenvalue weighted by Gasteiger charge is -2.13. The second kappa shape index (κ2) is 5.15. The van der Waals surface area contributed by atoms with Crippen LogP contribution in [0.25, 0.3) is 0 Å². The number of hydrogen-bond donors (Lipinski definition) is 2. The van der Waals surface area contributed by atoms with E-state index in [0.29, 0.717) is 0 Å². The minimum Gasteiger partial charge on any atom is -0.481 e. The van der Waals surface area contributed by atoms with E-state index in [1.165, 1.54) is 7.48 Å². The topological polar surface area (TPSA) is 72.5 Å². The van der Waals surface area contributed by atoms with Crippen LogP contribution < -0.4 is 5.73 Å². The lowest BCUT2D eigenvalue weighted by atomic mass is 9.72. The van der Waals surface area contributed by atoms with Crippen LogP contribution in [0, 0.1) is 5.92 Å². The molecule has 0 spiro atoms. The van der Waals surface area contributed by atoms with Gasteiger partial charge < -0.3 is 15.5 Å². The van der Waals surface area contributed by atoms with Crippen molar-refractivity contribution >= 4 is 13.5 Å². The van der Waals surface area contributed by atoms with E-state index < -0.39 is 11.8 Å². The van der Waals surface area contributed by atoms with E-state index in [1.807, 2.05) is 13.8 Å². The number of carboxylic acid groups (broad SMARTS) is 1. The van der Waals surface area contributed by atoms with E-state index >= 15 is 0 Å². The fourth-order valence-corrected chi connectivity index (χ4v) is 0.660. The van der Waals surface area contributed by atoms with E-state index in [-0.39, 0.29) is 12.6 Å². The highest BCUT2D eigenvalue weighted by Crippen LogP contribution is 2.15. The molecular formula is C6H13BNO3. The molecule has 0 fully saturated rings. The van der Waals surface area contributed by atoms with Crippen LogP contribution in [-0.4, -0.2) is 25.3 Å². The first-order chi connectivity index (χ1) is 5.09. The van der Waals surface area contributed by atoms with Crippen molar-refractivity contribution in [2.75, 3.05) is 6.73 Å². The second-order valence-corrected chi connectivity index (χ2v) is 2.58. The van der Waals surface area contributed by atoms with Crippen LogP contribution in [0.2, 0.25) is 5.82 Å². The maximum Gasteiger partial charge on any atom is 0.309 e. The number of rotatable bonds is 5. The lowest BCUT2D eigenvalue weighted by molar-refractivity contribution is -0.138. The maximum atomic E-state index is 10.5. The molecule has 5 heteroatoms. The molecular weight excluding hydrogens is 145 g/mol. The molecule has 3 N–H and O–H groups in total. The predicted octanol–water partition coefficient (Wildman–Crippen LogP) is 0.0675. The van der Waals surface area contributed by atoms with Crippen LogP contribution in [0.5, 0.6) is 0 Å². The summed E-state index contributed by atoms with van der Waals surface area (Å²) in [6, 6.07) is 0. The molecule has 0 aromatic rings. The van der Waals surface area contributed by atoms with Crippen molar-refractivity contribution in [3.05, 3.63) is 0 Å². The lowest BCUT2D eigenvalue weighted by Crippen LogP contribution is -2.23. The molecule has 0 aliphatic rings. The first-order valence-electron chi connectivity index (χ1n) is 3.47. The first-order valence-corrected chi connectivity index (χ1v) is 3.47. The van der Waals surface area contributed by atoms with Gasteiger partial charge in [0.2, 0.25) is 0 Å². The van der Waals surface area contributed by atoms with Gasteiger partial charge in [0.25, 0.3) is 0 Å². The molecule has 0 saturated carbocycles. The van der Waals surface area contributed by atoms with E-state index in [1.54, 1.807) is 0 Å². The Hall–Kier alpha value is -0.545. The summed E-state index contributed by atoms with van der Waals surface area (Å²) in [5, 5.41) is 8.62. The van der Waals surface area contributed by atoms with Crippen LogP contribution in [0.3, 0.4) is 0 Å². The normalized spacial score (nSPS) is 13.1. The largest absolute Gasteiger partial charge is 0.481 e. The zero-order valence-electron chi connectivity index (χ0n) is 6.78. The molecule has 0 aromatic heterocycles. The molecule has 0 heterocycles. The van der Waals surface area contributed by atoms with Crippen LogP contribution in [0.4, 0.5) is 0 Å². The van der Waals surface area contributed by atoms with Crippen molar-refractivity contribution in [2.45, 2.75) is 19.7 Å². The number of nitrogens with two attached hydrogens (primary N) is 1. The number of carboxylic acids is 1. The highest BCUT2D eigenvalue weighted by Gasteiger charge is 2.23. The first kappa shape index (κ1) is 10.5. The Morgan fingerprint density at radius 3 is 2.55 bits per heavy atom. The third-order valence-corrected chi connectivity index (χ3v) is 1.34. The number of aliphatic carboxylic acids is 1. The molecule has 1 atom stereocenters. The van der Waals surface area contributed by atoms with E-state index in [0.717, 1.165) is 0 Å². The van der Waals surface area contributed by atoms with Crippen molar-refractivity contribution < 1.29 is 14.6 Å². The van der Waals surface area contributed by atoms with Gasteiger partial charge >= 0.3 is 13.5 Å². The highest BCUT2D eigenvalue weighted by molar-refractivity contribution is 6.36. The smallest absolute Gasteiger partial charge is 0.309 e. The van der Waals surface area contributed by atoms with Gasteiger partial charge in [-0.15, -0.1) is 0 Å². The number of carbonyl (C=O) groups is 1. The van der Waals surface area contributed by atoms with E-state index in [2.05, 4.69) is 0 Å². The summed E-state index contributed by atoms with van der Waals surface area (Å²) in [6.07, 6.45) is 0. The molecule has 0 aliphatic heterocycles. The maximum absolute atomic E-state index is 10.5. The van der Waals surface area contributed by atoms with Gasteiger partial charge in [-0.1, -0.05) is 13.8 Å². The van der Waals surface area contributed by atoms with Crippen LogP contribution in [0.15, 0.2) is 0 Å². The van der Waals surface area contributed by atoms with Gasteiger partial charge in [-0.25, -0.2) is 0 Å². The van der Waals surface area contributed by atoms with E-state index in [9.17, 15) is 4.79 Å². The molecule has 4 nitrogen and oxygen atoms in total. The standard InChI is InChI=1S/C6H13BNO3/c1-4(2)5(6(9)10)7-11-3-8/h4-5H,3,8H2,1-2H3,(H,9,10)/t5-/m1/s1. The van der Waals surface area contributed by atoms with Crippen molar-refractivity contribution in [3.63, 3.8) is 0 Å². The Kier molecular flexibility index (Phi) is 4.90.